The summed E-state index contributed by atoms with van der Waals surface area (Å²) in [6.07, 6.45) is 1.89. The predicted octanol–water partition coefficient (Wildman–Crippen LogP) is 11.1. The number of imidazole rings is 2. The minimum absolute atomic E-state index is 0.736. The van der Waals surface area contributed by atoms with Gasteiger partial charge in [-0.3, -0.25) is 14.0 Å². The van der Waals surface area contributed by atoms with Crippen molar-refractivity contribution in [1.29, 1.82) is 0 Å². The van der Waals surface area contributed by atoms with Crippen LogP contribution in [0.3, 0.4) is 0 Å². The quantitative estimate of drug-likeness (QED) is 0.189. The Labute approximate surface area is 277 Å². The van der Waals surface area contributed by atoms with Gasteiger partial charge in [0.25, 0.3) is 0 Å². The fraction of sp³-hybridized carbons (Fsp3) is 0. The molecule has 0 spiro atoms. The van der Waals surface area contributed by atoms with Gasteiger partial charge in [0.05, 0.1) is 27.8 Å². The molecule has 4 heterocycles. The summed E-state index contributed by atoms with van der Waals surface area (Å²) in [5, 5.41) is 0.991. The molecule has 6 heteroatoms. The second kappa shape index (κ2) is 10.5. The third-order valence-electron chi connectivity index (χ3n) is 9.29. The van der Waals surface area contributed by atoms with Crippen LogP contribution in [0.4, 0.5) is 0 Å². The lowest BCUT2D eigenvalue weighted by Gasteiger charge is -2.42. The van der Waals surface area contributed by atoms with Crippen LogP contribution >= 0.6 is 10.0 Å². The molecule has 4 aromatic heterocycles. The van der Waals surface area contributed by atoms with Crippen molar-refractivity contribution in [3.8, 4) is 5.69 Å². The molecule has 0 bridgehead atoms. The molecule has 228 valence electrons. The number of hydrogen-bond acceptors (Lipinski definition) is 3. The number of fused-ring (bicyclic) bond motifs is 8. The molecule has 0 aliphatic heterocycles. The average molecular weight is 637 g/mol. The van der Waals surface area contributed by atoms with E-state index in [1.165, 1.54) is 19.6 Å². The van der Waals surface area contributed by atoms with Gasteiger partial charge in [-0.15, -0.1) is 10.0 Å². The van der Waals surface area contributed by atoms with E-state index in [0.717, 1.165) is 55.6 Å². The van der Waals surface area contributed by atoms with Crippen LogP contribution in [-0.2, 0) is 0 Å². The Bertz CT molecular complexity index is 2690. The van der Waals surface area contributed by atoms with Gasteiger partial charge in [-0.25, -0.2) is 4.98 Å². The number of para-hydroxylation sites is 4. The summed E-state index contributed by atoms with van der Waals surface area (Å²) in [6, 6.07) is 58.1. The third kappa shape index (κ3) is 3.75. The molecule has 5 nitrogen and oxygen atoms in total. The van der Waals surface area contributed by atoms with Crippen LogP contribution in [0.25, 0.3) is 55.6 Å². The SMILES string of the molecule is c1ccc(S(c2ccccc2)(c2ccccc2)c2ccc3oc4c(-n5c6ccccc6n6c7ccccc7nc56)ccnc4c3c2)cc1. The highest BCUT2D eigenvalue weighted by Crippen LogP contribution is 2.73. The molecule has 0 radical (unpaired) electrons. The first-order chi connectivity index (χ1) is 23.8. The summed E-state index contributed by atoms with van der Waals surface area (Å²) >= 11 is 0. The Balaban J connectivity index is 1.28. The number of nitrogens with zero attached hydrogens (tertiary/aromatic N) is 4. The molecule has 0 N–H and O–H groups in total. The highest BCUT2D eigenvalue weighted by Gasteiger charge is 2.34. The lowest BCUT2D eigenvalue weighted by molar-refractivity contribution is 0.665. The van der Waals surface area contributed by atoms with Crippen LogP contribution in [0.5, 0.6) is 0 Å². The largest absolute Gasteiger partial charge is 0.452 e. The summed E-state index contributed by atoms with van der Waals surface area (Å²) < 4.78 is 11.2. The van der Waals surface area contributed by atoms with Crippen molar-refractivity contribution in [2.45, 2.75) is 19.6 Å². The first kappa shape index (κ1) is 27.0. The standard InChI is InChI=1S/C42H28N4OS/c1-4-14-29(15-5-1)48(30-16-6-2-7-17-30,31-18-8-3-9-19-31)32-24-25-39-33(28-32)40-41(47-39)38(26-27-43-40)46-37-23-13-12-22-36(37)45-35-21-11-10-20-34(35)44-42(45)46/h1-28H. The predicted molar refractivity (Wildman–Crippen MR) is 195 cm³/mol. The van der Waals surface area contributed by atoms with Gasteiger partial charge < -0.3 is 4.42 Å². The van der Waals surface area contributed by atoms with Gasteiger partial charge in [-0.05, 0) is 84.9 Å². The second-order valence-corrected chi connectivity index (χ2v) is 15.0. The van der Waals surface area contributed by atoms with Gasteiger partial charge in [0.2, 0.25) is 5.78 Å². The van der Waals surface area contributed by atoms with Crippen molar-refractivity contribution < 1.29 is 4.42 Å². The lowest BCUT2D eigenvalue weighted by atomic mass is 10.2. The van der Waals surface area contributed by atoms with Crippen molar-refractivity contribution in [3.63, 3.8) is 0 Å². The fourth-order valence-electron chi connectivity index (χ4n) is 7.27. The Hall–Kier alpha value is -6.11. The number of pyridine rings is 1. The van der Waals surface area contributed by atoms with Crippen molar-refractivity contribution in [3.05, 3.63) is 170 Å². The average Bonchev–Trinajstić information content (AvgIpc) is 3.82. The van der Waals surface area contributed by atoms with E-state index >= 15 is 0 Å². The van der Waals surface area contributed by atoms with Crippen LogP contribution in [0.2, 0.25) is 0 Å². The van der Waals surface area contributed by atoms with E-state index in [-0.39, 0.29) is 0 Å². The van der Waals surface area contributed by atoms with E-state index in [1.54, 1.807) is 0 Å². The molecule has 0 amide bonds. The molecule has 0 atom stereocenters. The molecule has 0 saturated carbocycles. The van der Waals surface area contributed by atoms with E-state index < -0.39 is 10.0 Å². The molecule has 0 unspecified atom stereocenters. The van der Waals surface area contributed by atoms with Crippen LogP contribution in [-0.4, -0.2) is 18.9 Å². The van der Waals surface area contributed by atoms with E-state index in [1.807, 2.05) is 18.3 Å². The summed E-state index contributed by atoms with van der Waals surface area (Å²) in [5.74, 6) is 0.840. The zero-order chi connectivity index (χ0) is 31.7. The summed E-state index contributed by atoms with van der Waals surface area (Å²) in [7, 11) is -1.86. The van der Waals surface area contributed by atoms with Gasteiger partial charge >= 0.3 is 0 Å². The molecule has 0 aliphatic carbocycles. The molecule has 10 rings (SSSR count). The number of benzene rings is 6. The van der Waals surface area contributed by atoms with Crippen molar-refractivity contribution in [1.82, 2.24) is 18.9 Å². The Kier molecular flexibility index (Phi) is 5.89. The number of furan rings is 1. The van der Waals surface area contributed by atoms with E-state index in [4.69, 9.17) is 14.4 Å². The summed E-state index contributed by atoms with van der Waals surface area (Å²) in [5.41, 5.74) is 7.45. The first-order valence-electron chi connectivity index (χ1n) is 16.0. The minimum Gasteiger partial charge on any atom is -0.452 e. The fourth-order valence-corrected chi connectivity index (χ4v) is 11.2. The van der Waals surface area contributed by atoms with Crippen molar-refractivity contribution in [2.75, 3.05) is 0 Å². The Morgan fingerprint density at radius 1 is 0.521 bits per heavy atom. The molecular formula is C42H28N4OS. The number of aromatic nitrogens is 4. The van der Waals surface area contributed by atoms with Crippen LogP contribution in [0.1, 0.15) is 0 Å². The van der Waals surface area contributed by atoms with E-state index in [2.05, 4.69) is 161 Å². The normalized spacial score (nSPS) is 12.5. The minimum atomic E-state index is -1.86. The highest BCUT2D eigenvalue weighted by molar-refractivity contribution is 8.34. The van der Waals surface area contributed by atoms with Gasteiger partial charge in [-0.1, -0.05) is 78.9 Å². The van der Waals surface area contributed by atoms with E-state index in [9.17, 15) is 0 Å². The second-order valence-electron chi connectivity index (χ2n) is 11.9. The van der Waals surface area contributed by atoms with E-state index in [0.29, 0.717) is 0 Å². The summed E-state index contributed by atoms with van der Waals surface area (Å²) in [6.45, 7) is 0. The first-order valence-corrected chi connectivity index (χ1v) is 17.6. The number of hydrogen-bond donors (Lipinski definition) is 0. The maximum atomic E-state index is 6.75. The highest BCUT2D eigenvalue weighted by atomic mass is 32.3. The van der Waals surface area contributed by atoms with Crippen LogP contribution < -0.4 is 0 Å². The van der Waals surface area contributed by atoms with Crippen LogP contribution in [0, 0.1) is 0 Å². The zero-order valence-corrected chi connectivity index (χ0v) is 26.6. The molecule has 10 aromatic rings. The van der Waals surface area contributed by atoms with Gasteiger partial charge in [0.1, 0.15) is 11.1 Å². The molecule has 48 heavy (non-hydrogen) atoms. The van der Waals surface area contributed by atoms with Gasteiger partial charge in [-0.2, -0.15) is 0 Å². The molecule has 0 fully saturated rings. The zero-order valence-electron chi connectivity index (χ0n) is 25.8. The monoisotopic (exact) mass is 636 g/mol. The molecule has 6 aromatic carbocycles. The smallest absolute Gasteiger partial charge is 0.220 e. The molecule has 0 aliphatic rings. The molecule has 0 saturated heterocycles. The van der Waals surface area contributed by atoms with Crippen LogP contribution in [0.15, 0.2) is 194 Å². The molecular weight excluding hydrogens is 609 g/mol. The maximum absolute atomic E-state index is 6.75. The van der Waals surface area contributed by atoms with Crippen molar-refractivity contribution in [2.24, 2.45) is 0 Å². The number of rotatable bonds is 5. The summed E-state index contributed by atoms with van der Waals surface area (Å²) in [4.78, 5) is 15.1. The third-order valence-corrected chi connectivity index (χ3v) is 13.2. The maximum Gasteiger partial charge on any atom is 0.220 e. The Morgan fingerprint density at radius 2 is 1.10 bits per heavy atom. The van der Waals surface area contributed by atoms with Crippen molar-refractivity contribution >= 4 is 59.9 Å². The topological polar surface area (TPSA) is 48.3 Å². The lowest BCUT2D eigenvalue weighted by Crippen LogP contribution is -2.05. The van der Waals surface area contributed by atoms with Gasteiger partial charge in [0, 0.05) is 31.2 Å². The van der Waals surface area contributed by atoms with Gasteiger partial charge in [0.15, 0.2) is 5.58 Å². The Morgan fingerprint density at radius 3 is 1.77 bits per heavy atom.